The number of nitrogens with zero attached hydrogens (tertiary/aromatic N) is 1. The van der Waals surface area contributed by atoms with Crippen molar-refractivity contribution in [2.75, 3.05) is 13.1 Å². The first-order valence-corrected chi connectivity index (χ1v) is 9.68. The predicted octanol–water partition coefficient (Wildman–Crippen LogP) is 2.32. The van der Waals surface area contributed by atoms with E-state index in [0.29, 0.717) is 24.4 Å². The predicted molar refractivity (Wildman–Crippen MR) is 91.6 cm³/mol. The van der Waals surface area contributed by atoms with Gasteiger partial charge in [0.2, 0.25) is 5.91 Å². The minimum absolute atomic E-state index is 0.00591. The molecule has 124 valence electrons. The molecule has 1 saturated heterocycles. The first-order valence-electron chi connectivity index (χ1n) is 8.13. The van der Waals surface area contributed by atoms with E-state index in [4.69, 9.17) is 0 Å². The zero-order valence-corrected chi connectivity index (χ0v) is 14.3. The second-order valence-electron chi connectivity index (χ2n) is 6.63. The highest BCUT2D eigenvalue weighted by atomic mass is 32.2. The standard InChI is InChI=1S/C19H19NO3S/c1-13-6-2-3-7-14(13)10-19(21)20-11-16-15-8-4-5-9-17(15)24(22,23)18(16)12-20/h2-9,16,18H,10-12H2,1H3/t16-,18+/m1/s1. The van der Waals surface area contributed by atoms with Crippen LogP contribution in [0.2, 0.25) is 0 Å². The van der Waals surface area contributed by atoms with E-state index in [-0.39, 0.29) is 11.8 Å². The Labute approximate surface area is 142 Å². The number of rotatable bonds is 2. The number of fused-ring (bicyclic) bond motifs is 3. The molecule has 0 bridgehead atoms. The summed E-state index contributed by atoms with van der Waals surface area (Å²) in [6.45, 7) is 2.78. The molecule has 2 heterocycles. The molecule has 2 aliphatic rings. The van der Waals surface area contributed by atoms with Crippen LogP contribution in [0.1, 0.15) is 22.6 Å². The van der Waals surface area contributed by atoms with Gasteiger partial charge in [-0.05, 0) is 29.7 Å². The van der Waals surface area contributed by atoms with Crippen molar-refractivity contribution in [3.05, 3.63) is 65.2 Å². The van der Waals surface area contributed by atoms with E-state index in [2.05, 4.69) is 0 Å². The van der Waals surface area contributed by atoms with Gasteiger partial charge in [0, 0.05) is 19.0 Å². The zero-order chi connectivity index (χ0) is 16.9. The molecule has 2 aromatic carbocycles. The topological polar surface area (TPSA) is 54.5 Å². The van der Waals surface area contributed by atoms with Crippen molar-refractivity contribution >= 4 is 15.7 Å². The fourth-order valence-corrected chi connectivity index (χ4v) is 6.07. The Morgan fingerprint density at radius 1 is 1.08 bits per heavy atom. The van der Waals surface area contributed by atoms with E-state index in [1.165, 1.54) is 0 Å². The van der Waals surface area contributed by atoms with E-state index >= 15 is 0 Å². The molecule has 0 saturated carbocycles. The maximum Gasteiger partial charge on any atom is 0.227 e. The van der Waals surface area contributed by atoms with Crippen molar-refractivity contribution in [1.82, 2.24) is 4.90 Å². The van der Waals surface area contributed by atoms with E-state index in [1.807, 2.05) is 43.3 Å². The van der Waals surface area contributed by atoms with Gasteiger partial charge in [0.25, 0.3) is 0 Å². The fourth-order valence-electron chi connectivity index (χ4n) is 3.88. The molecule has 4 rings (SSSR count). The molecule has 5 heteroatoms. The lowest BCUT2D eigenvalue weighted by atomic mass is 9.99. The van der Waals surface area contributed by atoms with Gasteiger partial charge in [-0.3, -0.25) is 4.79 Å². The smallest absolute Gasteiger partial charge is 0.227 e. The van der Waals surface area contributed by atoms with Crippen LogP contribution in [0.4, 0.5) is 0 Å². The van der Waals surface area contributed by atoms with Crippen LogP contribution in [0.3, 0.4) is 0 Å². The molecule has 1 amide bonds. The van der Waals surface area contributed by atoms with Crippen LogP contribution in [0.5, 0.6) is 0 Å². The van der Waals surface area contributed by atoms with Crippen LogP contribution >= 0.6 is 0 Å². The SMILES string of the molecule is Cc1ccccc1CC(=O)N1C[C@@H]2c3ccccc3S(=O)(=O)[C@H]2C1. The third kappa shape index (κ3) is 2.26. The van der Waals surface area contributed by atoms with E-state index in [1.54, 1.807) is 17.0 Å². The lowest BCUT2D eigenvalue weighted by molar-refractivity contribution is -0.129. The Morgan fingerprint density at radius 2 is 1.79 bits per heavy atom. The highest BCUT2D eigenvalue weighted by Crippen LogP contribution is 2.44. The van der Waals surface area contributed by atoms with Crippen molar-refractivity contribution in [2.24, 2.45) is 0 Å². The first-order chi connectivity index (χ1) is 11.5. The number of hydrogen-bond acceptors (Lipinski definition) is 3. The first kappa shape index (κ1) is 15.4. The van der Waals surface area contributed by atoms with E-state index < -0.39 is 15.1 Å². The highest BCUT2D eigenvalue weighted by Gasteiger charge is 2.50. The number of sulfone groups is 1. The van der Waals surface area contributed by atoms with E-state index in [0.717, 1.165) is 16.7 Å². The van der Waals surface area contributed by atoms with Crippen LogP contribution in [-0.2, 0) is 21.1 Å². The van der Waals surface area contributed by atoms with Gasteiger partial charge in [0.1, 0.15) is 0 Å². The molecule has 1 fully saturated rings. The third-order valence-electron chi connectivity index (χ3n) is 5.25. The molecule has 2 aliphatic heterocycles. The summed E-state index contributed by atoms with van der Waals surface area (Å²) in [6.07, 6.45) is 0.327. The number of carbonyl (C=O) groups is 1. The van der Waals surface area contributed by atoms with Crippen LogP contribution in [-0.4, -0.2) is 37.6 Å². The molecule has 24 heavy (non-hydrogen) atoms. The summed E-state index contributed by atoms with van der Waals surface area (Å²) in [7, 11) is -3.32. The Bertz CT molecular complexity index is 920. The van der Waals surface area contributed by atoms with Crippen molar-refractivity contribution < 1.29 is 13.2 Å². The largest absolute Gasteiger partial charge is 0.340 e. The Balaban J connectivity index is 1.58. The van der Waals surface area contributed by atoms with Crippen molar-refractivity contribution in [3.8, 4) is 0 Å². The normalized spacial score (nSPS) is 23.8. The lowest BCUT2D eigenvalue weighted by Crippen LogP contribution is -2.33. The second-order valence-corrected chi connectivity index (χ2v) is 8.77. The molecule has 0 radical (unpaired) electrons. The highest BCUT2D eigenvalue weighted by molar-refractivity contribution is 7.92. The molecule has 4 nitrogen and oxygen atoms in total. The number of likely N-dealkylation sites (tertiary alicyclic amines) is 1. The Hall–Kier alpha value is -2.14. The quantitative estimate of drug-likeness (QED) is 0.842. The van der Waals surface area contributed by atoms with Gasteiger partial charge in [-0.2, -0.15) is 0 Å². The third-order valence-corrected chi connectivity index (χ3v) is 7.50. The summed E-state index contributed by atoms with van der Waals surface area (Å²) in [5.41, 5.74) is 2.96. The summed E-state index contributed by atoms with van der Waals surface area (Å²) >= 11 is 0. The monoisotopic (exact) mass is 341 g/mol. The molecular formula is C19H19NO3S. The van der Waals surface area contributed by atoms with Gasteiger partial charge in [-0.15, -0.1) is 0 Å². The van der Waals surface area contributed by atoms with Gasteiger partial charge in [0.15, 0.2) is 9.84 Å². The van der Waals surface area contributed by atoms with Crippen LogP contribution in [0.25, 0.3) is 0 Å². The summed E-state index contributed by atoms with van der Waals surface area (Å²) < 4.78 is 25.4. The zero-order valence-electron chi connectivity index (χ0n) is 13.5. The molecule has 2 atom stereocenters. The van der Waals surface area contributed by atoms with Crippen molar-refractivity contribution in [1.29, 1.82) is 0 Å². The molecule has 0 aliphatic carbocycles. The molecular weight excluding hydrogens is 322 g/mol. The summed E-state index contributed by atoms with van der Waals surface area (Å²) in [5.74, 6) is -0.0848. The molecule has 0 unspecified atom stereocenters. The van der Waals surface area contributed by atoms with Gasteiger partial charge >= 0.3 is 0 Å². The minimum Gasteiger partial charge on any atom is -0.340 e. The van der Waals surface area contributed by atoms with Gasteiger partial charge in [-0.25, -0.2) is 8.42 Å². The summed E-state index contributed by atoms with van der Waals surface area (Å²) in [6, 6.07) is 15.0. The van der Waals surface area contributed by atoms with Crippen molar-refractivity contribution in [2.45, 2.75) is 29.4 Å². The Morgan fingerprint density at radius 3 is 2.58 bits per heavy atom. The summed E-state index contributed by atoms with van der Waals surface area (Å²) in [4.78, 5) is 14.8. The molecule has 0 N–H and O–H groups in total. The maximum absolute atomic E-state index is 12.7. The minimum atomic E-state index is -3.32. The van der Waals surface area contributed by atoms with Crippen LogP contribution in [0.15, 0.2) is 53.4 Å². The number of amides is 1. The number of aryl methyl sites for hydroxylation is 1. The van der Waals surface area contributed by atoms with Gasteiger partial charge in [-0.1, -0.05) is 42.5 Å². The van der Waals surface area contributed by atoms with Crippen LogP contribution < -0.4 is 0 Å². The average Bonchev–Trinajstić information content (AvgIpc) is 3.10. The Kier molecular flexibility index (Phi) is 3.49. The fraction of sp³-hybridized carbons (Fsp3) is 0.316. The number of hydrogen-bond donors (Lipinski definition) is 0. The lowest BCUT2D eigenvalue weighted by Gasteiger charge is -2.18. The average molecular weight is 341 g/mol. The number of benzene rings is 2. The molecule has 0 spiro atoms. The molecule has 0 aromatic heterocycles. The molecule has 2 aromatic rings. The van der Waals surface area contributed by atoms with Crippen molar-refractivity contribution in [3.63, 3.8) is 0 Å². The second kappa shape index (κ2) is 5.45. The van der Waals surface area contributed by atoms with Gasteiger partial charge < -0.3 is 4.90 Å². The number of carbonyl (C=O) groups excluding carboxylic acids is 1. The van der Waals surface area contributed by atoms with Crippen LogP contribution in [0, 0.1) is 6.92 Å². The summed E-state index contributed by atoms with van der Waals surface area (Å²) in [5, 5.41) is -0.490. The maximum atomic E-state index is 12.7. The van der Waals surface area contributed by atoms with E-state index in [9.17, 15) is 13.2 Å². The van der Waals surface area contributed by atoms with Gasteiger partial charge in [0.05, 0.1) is 16.6 Å².